The van der Waals surface area contributed by atoms with Gasteiger partial charge in [-0.2, -0.15) is 0 Å². The van der Waals surface area contributed by atoms with Crippen molar-refractivity contribution in [3.63, 3.8) is 0 Å². The molecule has 4 N–H and O–H groups in total. The zero-order valence-electron chi connectivity index (χ0n) is 10.1. The quantitative estimate of drug-likeness (QED) is 0.743. The number of aliphatic carboxylic acids is 1. The van der Waals surface area contributed by atoms with Gasteiger partial charge in [0.2, 0.25) is 0 Å². The van der Waals surface area contributed by atoms with Gasteiger partial charge < -0.3 is 20.9 Å². The fourth-order valence-corrected chi connectivity index (χ4v) is 2.32. The molecule has 0 radical (unpaired) electrons. The second-order valence-electron chi connectivity index (χ2n) is 4.47. The lowest BCUT2D eigenvalue weighted by molar-refractivity contribution is -0.147. The number of hydrogen-bond donors (Lipinski definition) is 3. The Kier molecular flexibility index (Phi) is 3.05. The van der Waals surface area contributed by atoms with Gasteiger partial charge in [-0.25, -0.2) is 14.0 Å². The Balaban J connectivity index is 2.63. The first-order chi connectivity index (χ1) is 8.85. The van der Waals surface area contributed by atoms with E-state index in [2.05, 4.69) is 5.32 Å². The topological polar surface area (TPSA) is 102 Å². The summed E-state index contributed by atoms with van der Waals surface area (Å²) < 4.78 is 18.8. The van der Waals surface area contributed by atoms with Gasteiger partial charge in [-0.1, -0.05) is 0 Å². The lowest BCUT2D eigenvalue weighted by atomic mass is 9.82. The maximum absolute atomic E-state index is 13.3. The minimum atomic E-state index is -1.78. The average molecular weight is 268 g/mol. The van der Waals surface area contributed by atoms with Crippen LogP contribution in [0.25, 0.3) is 0 Å². The zero-order valence-corrected chi connectivity index (χ0v) is 10.1. The molecule has 0 aliphatic carbocycles. The van der Waals surface area contributed by atoms with Gasteiger partial charge in [0.05, 0.1) is 6.10 Å². The Morgan fingerprint density at radius 1 is 1.58 bits per heavy atom. The van der Waals surface area contributed by atoms with E-state index < -0.39 is 29.5 Å². The number of rotatable bonds is 2. The minimum absolute atomic E-state index is 0.0400. The van der Waals surface area contributed by atoms with Crippen LogP contribution in [0, 0.1) is 5.82 Å². The highest BCUT2D eigenvalue weighted by Gasteiger charge is 2.48. The van der Waals surface area contributed by atoms with Gasteiger partial charge in [0, 0.05) is 12.0 Å². The van der Waals surface area contributed by atoms with Crippen LogP contribution in [0.4, 0.5) is 9.18 Å². The molecule has 19 heavy (non-hydrogen) atoms. The molecule has 1 aliphatic rings. The number of ether oxygens (including phenoxy) is 1. The number of nitrogens with one attached hydrogen (secondary N) is 1. The summed E-state index contributed by atoms with van der Waals surface area (Å²) in [6, 6.07) is 2.53. The van der Waals surface area contributed by atoms with Crippen molar-refractivity contribution in [2.45, 2.75) is 25.0 Å². The van der Waals surface area contributed by atoms with Crippen molar-refractivity contribution in [1.29, 1.82) is 0 Å². The molecule has 2 unspecified atom stereocenters. The number of primary amides is 1. The predicted molar refractivity (Wildman–Crippen MR) is 63.1 cm³/mol. The van der Waals surface area contributed by atoms with Crippen LogP contribution in [-0.4, -0.2) is 23.2 Å². The van der Waals surface area contributed by atoms with Crippen LogP contribution < -0.4 is 15.8 Å². The van der Waals surface area contributed by atoms with Gasteiger partial charge in [0.15, 0.2) is 5.54 Å². The van der Waals surface area contributed by atoms with E-state index in [-0.39, 0.29) is 17.7 Å². The van der Waals surface area contributed by atoms with Crippen LogP contribution in [0.5, 0.6) is 5.75 Å². The van der Waals surface area contributed by atoms with Gasteiger partial charge >= 0.3 is 12.0 Å². The molecule has 1 aromatic rings. The molecule has 102 valence electrons. The van der Waals surface area contributed by atoms with Crippen LogP contribution in [-0.2, 0) is 10.3 Å². The number of carboxylic acids is 1. The molecule has 6 nitrogen and oxygen atoms in total. The number of carbonyl (C=O) groups excluding carboxylic acids is 1. The lowest BCUT2D eigenvalue weighted by Gasteiger charge is -2.38. The van der Waals surface area contributed by atoms with Crippen molar-refractivity contribution in [3.05, 3.63) is 29.6 Å². The molecule has 2 amide bonds. The molecule has 1 aliphatic heterocycles. The first-order valence-electron chi connectivity index (χ1n) is 5.63. The van der Waals surface area contributed by atoms with Gasteiger partial charge in [-0.05, 0) is 25.1 Å². The van der Waals surface area contributed by atoms with Crippen molar-refractivity contribution in [3.8, 4) is 5.75 Å². The molecule has 1 heterocycles. The molecular weight excluding hydrogens is 255 g/mol. The summed E-state index contributed by atoms with van der Waals surface area (Å²) in [5.74, 6) is -1.71. The second kappa shape index (κ2) is 4.42. The first kappa shape index (κ1) is 13.1. The summed E-state index contributed by atoms with van der Waals surface area (Å²) in [7, 11) is 0. The number of nitrogens with two attached hydrogens (primary N) is 1. The zero-order chi connectivity index (χ0) is 14.2. The van der Waals surface area contributed by atoms with Gasteiger partial charge in [-0.15, -0.1) is 0 Å². The number of halogens is 1. The SMILES string of the molecule is CC1CC(NC(N)=O)(C(=O)O)c2cc(F)ccc2O1. The van der Waals surface area contributed by atoms with E-state index in [0.29, 0.717) is 0 Å². The third-order valence-electron chi connectivity index (χ3n) is 3.02. The first-order valence-corrected chi connectivity index (χ1v) is 5.63. The summed E-state index contributed by atoms with van der Waals surface area (Å²) in [5.41, 5.74) is 3.31. The summed E-state index contributed by atoms with van der Waals surface area (Å²) in [6.45, 7) is 1.66. The van der Waals surface area contributed by atoms with E-state index in [1.54, 1.807) is 6.92 Å². The fourth-order valence-electron chi connectivity index (χ4n) is 2.32. The van der Waals surface area contributed by atoms with Crippen LogP contribution in [0.15, 0.2) is 18.2 Å². The Morgan fingerprint density at radius 2 is 2.26 bits per heavy atom. The van der Waals surface area contributed by atoms with Crippen molar-refractivity contribution in [2.24, 2.45) is 5.73 Å². The Morgan fingerprint density at radius 3 is 2.84 bits per heavy atom. The van der Waals surface area contributed by atoms with E-state index in [4.69, 9.17) is 10.5 Å². The summed E-state index contributed by atoms with van der Waals surface area (Å²) in [5, 5.41) is 11.6. The predicted octanol–water partition coefficient (Wildman–Crippen LogP) is 0.945. The molecule has 0 saturated carbocycles. The molecule has 7 heteroatoms. The number of benzene rings is 1. The van der Waals surface area contributed by atoms with Crippen LogP contribution >= 0.6 is 0 Å². The molecule has 0 fully saturated rings. The van der Waals surface area contributed by atoms with E-state index >= 15 is 0 Å². The van der Waals surface area contributed by atoms with Gasteiger partial charge in [0.25, 0.3) is 0 Å². The number of fused-ring (bicyclic) bond motifs is 1. The highest BCUT2D eigenvalue weighted by molar-refractivity contribution is 5.88. The average Bonchev–Trinajstić information content (AvgIpc) is 2.28. The third-order valence-corrected chi connectivity index (χ3v) is 3.02. The van der Waals surface area contributed by atoms with Crippen molar-refractivity contribution >= 4 is 12.0 Å². The highest BCUT2D eigenvalue weighted by atomic mass is 19.1. The smallest absolute Gasteiger partial charge is 0.334 e. The fraction of sp³-hybridized carbons (Fsp3) is 0.333. The molecule has 2 atom stereocenters. The van der Waals surface area contributed by atoms with E-state index in [0.717, 1.165) is 12.1 Å². The van der Waals surface area contributed by atoms with Crippen molar-refractivity contribution in [2.75, 3.05) is 0 Å². The Hall–Kier alpha value is -2.31. The maximum Gasteiger partial charge on any atom is 0.334 e. The number of amides is 2. The second-order valence-corrected chi connectivity index (χ2v) is 4.47. The summed E-state index contributed by atoms with van der Waals surface area (Å²) >= 11 is 0. The van der Waals surface area contributed by atoms with E-state index in [1.165, 1.54) is 6.07 Å². The lowest BCUT2D eigenvalue weighted by Crippen LogP contribution is -2.57. The normalized spacial score (nSPS) is 25.1. The number of urea groups is 1. The van der Waals surface area contributed by atoms with E-state index in [1.807, 2.05) is 0 Å². The van der Waals surface area contributed by atoms with E-state index in [9.17, 15) is 19.1 Å². The summed E-state index contributed by atoms with van der Waals surface area (Å²) in [4.78, 5) is 22.7. The number of carbonyl (C=O) groups is 2. The van der Waals surface area contributed by atoms with Crippen molar-refractivity contribution < 1.29 is 23.8 Å². The van der Waals surface area contributed by atoms with Gasteiger partial charge in [0.1, 0.15) is 11.6 Å². The Bertz CT molecular complexity index is 549. The molecule has 0 aromatic heterocycles. The van der Waals surface area contributed by atoms with Crippen molar-refractivity contribution in [1.82, 2.24) is 5.32 Å². The van der Waals surface area contributed by atoms with Gasteiger partial charge in [-0.3, -0.25) is 0 Å². The standard InChI is InChI=1S/C12H13FN2O4/c1-6-5-12(10(16)17,15-11(14)18)8-4-7(13)2-3-9(8)19-6/h2-4,6H,5H2,1H3,(H,16,17)(H3,14,15,18). The largest absolute Gasteiger partial charge is 0.490 e. The monoisotopic (exact) mass is 268 g/mol. The van der Waals surface area contributed by atoms with Crippen LogP contribution in [0.1, 0.15) is 18.9 Å². The molecular formula is C12H13FN2O4. The highest BCUT2D eigenvalue weighted by Crippen LogP contribution is 2.40. The molecule has 0 spiro atoms. The Labute approximate surface area is 108 Å². The third kappa shape index (κ3) is 2.18. The molecule has 0 bridgehead atoms. The minimum Gasteiger partial charge on any atom is -0.490 e. The molecule has 2 rings (SSSR count). The van der Waals surface area contributed by atoms with Crippen LogP contribution in [0.3, 0.4) is 0 Å². The molecule has 0 saturated heterocycles. The maximum atomic E-state index is 13.3. The number of carboxylic acid groups (broad SMARTS) is 1. The summed E-state index contributed by atoms with van der Waals surface area (Å²) in [6.07, 6.45) is -0.497. The molecule has 1 aromatic carbocycles. The van der Waals surface area contributed by atoms with Crippen LogP contribution in [0.2, 0.25) is 0 Å². The number of hydrogen-bond acceptors (Lipinski definition) is 3.